The molecule has 0 bridgehead atoms. The summed E-state index contributed by atoms with van der Waals surface area (Å²) in [6, 6.07) is 21.2. The Balaban J connectivity index is 1.37. The number of morpholine rings is 1. The van der Waals surface area contributed by atoms with Gasteiger partial charge in [-0.05, 0) is 29.3 Å². The van der Waals surface area contributed by atoms with Crippen LogP contribution in [0.2, 0.25) is 18.1 Å². The SMILES string of the molecule is CC(C)(C)[Si](C)(C)OC[C@@H]1[C@@H](OCc2ccccc2)[C@H](OCc2ccccc2)[C@H]2[C@@H]3O[C@@H]3CN21. The third-order valence-electron chi connectivity index (χ3n) is 8.19. The highest BCUT2D eigenvalue weighted by Crippen LogP contribution is 2.47. The second-order valence-electron chi connectivity index (χ2n) is 11.5. The van der Waals surface area contributed by atoms with Crippen molar-refractivity contribution < 1.29 is 18.6 Å². The minimum atomic E-state index is -1.89. The summed E-state index contributed by atoms with van der Waals surface area (Å²) in [4.78, 5) is 2.57. The first-order valence-corrected chi connectivity index (χ1v) is 15.5. The van der Waals surface area contributed by atoms with Crippen LogP contribution in [0.15, 0.2) is 60.7 Å². The van der Waals surface area contributed by atoms with Gasteiger partial charge in [0.25, 0.3) is 0 Å². The van der Waals surface area contributed by atoms with Crippen LogP contribution in [-0.2, 0) is 31.9 Å². The monoisotopic (exact) mass is 481 g/mol. The molecular weight excluding hydrogens is 442 g/mol. The summed E-state index contributed by atoms with van der Waals surface area (Å²) >= 11 is 0. The summed E-state index contributed by atoms with van der Waals surface area (Å²) in [5.74, 6) is 0. The predicted molar refractivity (Wildman–Crippen MR) is 136 cm³/mol. The number of fused-ring (bicyclic) bond motifs is 3. The molecule has 0 aliphatic carbocycles. The van der Waals surface area contributed by atoms with Gasteiger partial charge in [-0.1, -0.05) is 81.4 Å². The summed E-state index contributed by atoms with van der Waals surface area (Å²) in [6.45, 7) is 14.3. The standard InChI is InChI=1S/C28H39NO4Si/c1-28(2,3)34(4,5)32-19-22-25(30-17-20-12-8-6-9-13-20)27(24-26-23(33-26)16-29(22)24)31-18-21-14-10-7-11-15-21/h6-15,22-27H,16-19H2,1-5H3/t22-,23-,24-,25-,26-,27-/m1/s1. The maximum Gasteiger partial charge on any atom is 0.192 e. The van der Waals surface area contributed by atoms with E-state index in [2.05, 4.69) is 87.3 Å². The van der Waals surface area contributed by atoms with Crippen molar-refractivity contribution in [1.29, 1.82) is 0 Å². The summed E-state index contributed by atoms with van der Waals surface area (Å²) in [5, 5.41) is 0.171. The molecule has 3 aliphatic rings. The maximum atomic E-state index is 6.75. The van der Waals surface area contributed by atoms with Crippen LogP contribution in [0.4, 0.5) is 0 Å². The molecule has 34 heavy (non-hydrogen) atoms. The smallest absolute Gasteiger partial charge is 0.192 e. The van der Waals surface area contributed by atoms with Gasteiger partial charge in [-0.25, -0.2) is 0 Å². The third-order valence-corrected chi connectivity index (χ3v) is 12.7. The molecule has 3 aliphatic heterocycles. The van der Waals surface area contributed by atoms with E-state index in [1.54, 1.807) is 0 Å². The molecule has 5 nitrogen and oxygen atoms in total. The molecule has 2 aromatic carbocycles. The predicted octanol–water partition coefficient (Wildman–Crippen LogP) is 5.01. The number of hydrogen-bond acceptors (Lipinski definition) is 5. The topological polar surface area (TPSA) is 43.5 Å². The molecule has 5 rings (SSSR count). The first-order chi connectivity index (χ1) is 16.2. The van der Waals surface area contributed by atoms with Gasteiger partial charge in [-0.3, -0.25) is 4.90 Å². The Hall–Kier alpha value is -1.54. The molecule has 3 saturated heterocycles. The molecule has 0 aromatic heterocycles. The Morgan fingerprint density at radius 3 is 2.00 bits per heavy atom. The lowest BCUT2D eigenvalue weighted by Crippen LogP contribution is -2.48. The first-order valence-electron chi connectivity index (χ1n) is 12.6. The third kappa shape index (κ3) is 4.90. The number of nitrogens with zero attached hydrogens (tertiary/aromatic N) is 1. The number of benzene rings is 2. The van der Waals surface area contributed by atoms with Gasteiger partial charge in [0.15, 0.2) is 8.32 Å². The molecule has 6 atom stereocenters. The molecule has 6 heteroatoms. The molecule has 0 saturated carbocycles. The van der Waals surface area contributed by atoms with Crippen LogP contribution in [-0.4, -0.2) is 62.9 Å². The summed E-state index contributed by atoms with van der Waals surface area (Å²) in [7, 11) is -1.89. The van der Waals surface area contributed by atoms with Crippen LogP contribution in [0, 0.1) is 0 Å². The van der Waals surface area contributed by atoms with E-state index in [0.717, 1.165) is 6.54 Å². The molecule has 0 radical (unpaired) electrons. The van der Waals surface area contributed by atoms with Gasteiger partial charge in [0.1, 0.15) is 18.3 Å². The maximum absolute atomic E-state index is 6.75. The number of epoxide rings is 1. The molecule has 3 heterocycles. The van der Waals surface area contributed by atoms with Crippen LogP contribution in [0.3, 0.4) is 0 Å². The summed E-state index contributed by atoms with van der Waals surface area (Å²) in [5.41, 5.74) is 2.36. The van der Waals surface area contributed by atoms with Crippen molar-refractivity contribution in [3.05, 3.63) is 71.8 Å². The second kappa shape index (κ2) is 9.49. The molecular formula is C28H39NO4Si. The van der Waals surface area contributed by atoms with E-state index in [-0.39, 0.29) is 35.4 Å². The molecule has 0 N–H and O–H groups in total. The van der Waals surface area contributed by atoms with Crippen LogP contribution < -0.4 is 0 Å². The Bertz CT molecular complexity index is 948. The summed E-state index contributed by atoms with van der Waals surface area (Å²) < 4.78 is 26.1. The van der Waals surface area contributed by atoms with Gasteiger partial charge in [0, 0.05) is 6.54 Å². The van der Waals surface area contributed by atoms with Gasteiger partial charge >= 0.3 is 0 Å². The fraction of sp³-hybridized carbons (Fsp3) is 0.571. The normalized spacial score (nSPS) is 30.9. The molecule has 2 aromatic rings. The minimum Gasteiger partial charge on any atom is -0.415 e. The van der Waals surface area contributed by atoms with E-state index in [4.69, 9.17) is 18.6 Å². The van der Waals surface area contributed by atoms with E-state index in [9.17, 15) is 0 Å². The van der Waals surface area contributed by atoms with Crippen molar-refractivity contribution in [3.8, 4) is 0 Å². The van der Waals surface area contributed by atoms with Crippen molar-refractivity contribution in [2.75, 3.05) is 13.2 Å². The highest BCUT2D eigenvalue weighted by molar-refractivity contribution is 6.74. The van der Waals surface area contributed by atoms with Gasteiger partial charge < -0.3 is 18.6 Å². The van der Waals surface area contributed by atoms with Crippen molar-refractivity contribution in [2.45, 2.75) is 88.6 Å². The zero-order valence-corrected chi connectivity index (χ0v) is 22.1. The van der Waals surface area contributed by atoms with Crippen LogP contribution in [0.1, 0.15) is 31.9 Å². The van der Waals surface area contributed by atoms with Gasteiger partial charge in [-0.2, -0.15) is 0 Å². The Labute approximate surface area is 205 Å². The highest BCUT2D eigenvalue weighted by atomic mass is 28.4. The Morgan fingerprint density at radius 1 is 0.882 bits per heavy atom. The largest absolute Gasteiger partial charge is 0.415 e. The van der Waals surface area contributed by atoms with Gasteiger partial charge in [0.05, 0.1) is 38.0 Å². The lowest BCUT2D eigenvalue weighted by Gasteiger charge is -2.38. The summed E-state index contributed by atoms with van der Waals surface area (Å²) in [6.07, 6.45) is 0.470. The minimum absolute atomic E-state index is 0.0468. The van der Waals surface area contributed by atoms with Gasteiger partial charge in [-0.15, -0.1) is 0 Å². The van der Waals surface area contributed by atoms with E-state index in [1.807, 2.05) is 12.1 Å². The number of rotatable bonds is 9. The molecule has 0 amide bonds. The fourth-order valence-corrected chi connectivity index (χ4v) is 6.11. The lowest BCUT2D eigenvalue weighted by atomic mass is 10.0. The van der Waals surface area contributed by atoms with E-state index in [0.29, 0.717) is 25.9 Å². The van der Waals surface area contributed by atoms with Crippen molar-refractivity contribution in [2.24, 2.45) is 0 Å². The van der Waals surface area contributed by atoms with Crippen LogP contribution in [0.25, 0.3) is 0 Å². The molecule has 3 fully saturated rings. The van der Waals surface area contributed by atoms with E-state index in [1.165, 1.54) is 11.1 Å². The van der Waals surface area contributed by atoms with Crippen molar-refractivity contribution in [3.63, 3.8) is 0 Å². The average molecular weight is 482 g/mol. The Morgan fingerprint density at radius 2 is 1.44 bits per heavy atom. The quantitative estimate of drug-likeness (QED) is 0.372. The van der Waals surface area contributed by atoms with Crippen LogP contribution in [0.5, 0.6) is 0 Å². The molecule has 0 spiro atoms. The molecule has 0 unspecified atom stereocenters. The zero-order chi connectivity index (χ0) is 23.9. The van der Waals surface area contributed by atoms with E-state index < -0.39 is 8.32 Å². The lowest BCUT2D eigenvalue weighted by molar-refractivity contribution is -0.0836. The Kier molecular flexibility index (Phi) is 6.74. The average Bonchev–Trinajstić information content (AvgIpc) is 3.38. The fourth-order valence-electron chi connectivity index (χ4n) is 5.09. The van der Waals surface area contributed by atoms with Gasteiger partial charge in [0.2, 0.25) is 0 Å². The van der Waals surface area contributed by atoms with Crippen molar-refractivity contribution in [1.82, 2.24) is 4.90 Å². The molecule has 184 valence electrons. The number of hydrogen-bond donors (Lipinski definition) is 0. The van der Waals surface area contributed by atoms with Crippen LogP contribution >= 0.6 is 0 Å². The zero-order valence-electron chi connectivity index (χ0n) is 21.1. The highest BCUT2D eigenvalue weighted by Gasteiger charge is 2.66. The number of ether oxygens (including phenoxy) is 3. The van der Waals surface area contributed by atoms with E-state index >= 15 is 0 Å². The van der Waals surface area contributed by atoms with Crippen molar-refractivity contribution >= 4 is 8.32 Å². The second-order valence-corrected chi connectivity index (χ2v) is 16.3. The first kappa shape index (κ1) is 24.2.